The van der Waals surface area contributed by atoms with Crippen LogP contribution in [0.5, 0.6) is 0 Å². The third kappa shape index (κ3) is 1.57. The summed E-state index contributed by atoms with van der Waals surface area (Å²) < 4.78 is 0. The molecule has 0 atom stereocenters. The van der Waals surface area contributed by atoms with Gasteiger partial charge in [0.2, 0.25) is 0 Å². The monoisotopic (exact) mass is 241 g/mol. The zero-order valence-corrected chi connectivity index (χ0v) is 10.2. The maximum absolute atomic E-state index is 5.85. The third-order valence-electron chi connectivity index (χ3n) is 2.83. The zero-order chi connectivity index (χ0) is 11.8. The van der Waals surface area contributed by atoms with Crippen LogP contribution in [0.2, 0.25) is 0 Å². The lowest BCUT2D eigenvalue weighted by molar-refractivity contribution is 1.07. The molecule has 2 heterocycles. The topological polar surface area (TPSA) is 51.8 Å². The molecule has 0 aliphatic heterocycles. The highest BCUT2D eigenvalue weighted by Crippen LogP contribution is 2.32. The first-order valence-electron chi connectivity index (χ1n) is 5.33. The number of thiophene rings is 1. The Balaban J connectivity index is 2.39. The summed E-state index contributed by atoms with van der Waals surface area (Å²) in [6.07, 6.45) is 0. The van der Waals surface area contributed by atoms with Crippen LogP contribution in [0.3, 0.4) is 0 Å². The molecule has 0 spiro atoms. The van der Waals surface area contributed by atoms with Crippen LogP contribution in [-0.2, 0) is 0 Å². The number of nitrogens with two attached hydrogens (primary N) is 1. The van der Waals surface area contributed by atoms with E-state index in [9.17, 15) is 0 Å². The normalized spacial score (nSPS) is 10.9. The summed E-state index contributed by atoms with van der Waals surface area (Å²) in [5, 5.41) is 12.4. The smallest absolute Gasteiger partial charge is 0.154 e. The fourth-order valence-electron chi connectivity index (χ4n) is 1.95. The Morgan fingerprint density at radius 1 is 1.06 bits per heavy atom. The maximum Gasteiger partial charge on any atom is 0.154 e. The van der Waals surface area contributed by atoms with Gasteiger partial charge in [-0.15, -0.1) is 21.5 Å². The second-order valence-electron chi connectivity index (χ2n) is 3.87. The molecule has 2 aromatic heterocycles. The molecular weight excluding hydrogens is 230 g/mol. The van der Waals surface area contributed by atoms with E-state index in [0.717, 1.165) is 22.0 Å². The summed E-state index contributed by atoms with van der Waals surface area (Å²) in [5.41, 5.74) is 7.89. The molecule has 4 heteroatoms. The summed E-state index contributed by atoms with van der Waals surface area (Å²) in [5.74, 6) is 0.484. The molecule has 0 saturated carbocycles. The Kier molecular flexibility index (Phi) is 2.30. The van der Waals surface area contributed by atoms with Gasteiger partial charge < -0.3 is 5.73 Å². The van der Waals surface area contributed by atoms with Gasteiger partial charge in [0.25, 0.3) is 0 Å². The van der Waals surface area contributed by atoms with Crippen LogP contribution in [0.4, 0.5) is 5.82 Å². The lowest BCUT2D eigenvalue weighted by atomic mass is 10.1. The van der Waals surface area contributed by atoms with Gasteiger partial charge in [0.05, 0.1) is 0 Å². The molecule has 3 rings (SSSR count). The highest BCUT2D eigenvalue weighted by molar-refractivity contribution is 7.10. The summed E-state index contributed by atoms with van der Waals surface area (Å²) in [6, 6.07) is 10.0. The van der Waals surface area contributed by atoms with Crippen LogP contribution in [-0.4, -0.2) is 10.2 Å². The molecule has 0 bridgehead atoms. The molecule has 0 radical (unpaired) electrons. The van der Waals surface area contributed by atoms with Crippen LogP contribution < -0.4 is 5.73 Å². The van der Waals surface area contributed by atoms with Crippen LogP contribution >= 0.6 is 11.3 Å². The molecule has 0 aliphatic carbocycles. The molecule has 3 nitrogen and oxygen atoms in total. The number of aryl methyl sites for hydroxylation is 1. The Bertz CT molecular complexity index is 688. The number of rotatable bonds is 1. The van der Waals surface area contributed by atoms with E-state index in [1.165, 1.54) is 4.88 Å². The first-order valence-corrected chi connectivity index (χ1v) is 6.20. The second-order valence-corrected chi connectivity index (χ2v) is 4.99. The van der Waals surface area contributed by atoms with Crippen molar-refractivity contribution < 1.29 is 0 Å². The van der Waals surface area contributed by atoms with Crippen LogP contribution in [0, 0.1) is 6.92 Å². The highest BCUT2D eigenvalue weighted by Gasteiger charge is 2.11. The van der Waals surface area contributed by atoms with Crippen molar-refractivity contribution in [3.8, 4) is 11.3 Å². The lowest BCUT2D eigenvalue weighted by Crippen LogP contribution is -1.97. The molecule has 0 amide bonds. The largest absolute Gasteiger partial charge is 0.382 e. The first-order chi connectivity index (χ1) is 8.27. The van der Waals surface area contributed by atoms with E-state index in [-0.39, 0.29) is 0 Å². The van der Waals surface area contributed by atoms with Crippen molar-refractivity contribution >= 4 is 27.9 Å². The van der Waals surface area contributed by atoms with E-state index in [2.05, 4.69) is 28.6 Å². The van der Waals surface area contributed by atoms with Gasteiger partial charge in [-0.05, 0) is 18.4 Å². The maximum atomic E-state index is 5.85. The number of anilines is 1. The second kappa shape index (κ2) is 3.82. The first kappa shape index (κ1) is 10.2. The van der Waals surface area contributed by atoms with Gasteiger partial charge in [-0.1, -0.05) is 24.3 Å². The Morgan fingerprint density at radius 2 is 1.82 bits per heavy atom. The molecule has 2 N–H and O–H groups in total. The fraction of sp³-hybridized carbons (Fsp3) is 0.0769. The average molecular weight is 241 g/mol. The van der Waals surface area contributed by atoms with Crippen molar-refractivity contribution in [2.75, 3.05) is 5.73 Å². The van der Waals surface area contributed by atoms with Gasteiger partial charge in [-0.25, -0.2) is 0 Å². The number of hydrogen-bond acceptors (Lipinski definition) is 4. The summed E-state index contributed by atoms with van der Waals surface area (Å²) in [6.45, 7) is 2.09. The molecule has 3 aromatic rings. The van der Waals surface area contributed by atoms with E-state index in [4.69, 9.17) is 5.73 Å². The number of nitrogen functional groups attached to an aromatic ring is 1. The number of fused-ring (bicyclic) bond motifs is 1. The summed E-state index contributed by atoms with van der Waals surface area (Å²) in [4.78, 5) is 1.24. The summed E-state index contributed by atoms with van der Waals surface area (Å²) in [7, 11) is 0. The predicted molar refractivity (Wildman–Crippen MR) is 72.0 cm³/mol. The van der Waals surface area contributed by atoms with Gasteiger partial charge >= 0.3 is 0 Å². The average Bonchev–Trinajstić information content (AvgIpc) is 2.77. The van der Waals surface area contributed by atoms with E-state index >= 15 is 0 Å². The fourth-order valence-corrected chi connectivity index (χ4v) is 2.65. The van der Waals surface area contributed by atoms with Gasteiger partial charge in [-0.3, -0.25) is 0 Å². The van der Waals surface area contributed by atoms with Crippen LogP contribution in [0.25, 0.3) is 22.0 Å². The van der Waals surface area contributed by atoms with Gasteiger partial charge in [-0.2, -0.15) is 0 Å². The molecule has 84 valence electrons. The minimum Gasteiger partial charge on any atom is -0.382 e. The molecule has 0 unspecified atom stereocenters. The predicted octanol–water partition coefficient (Wildman–Crippen LogP) is 3.25. The Hall–Kier alpha value is -1.94. The van der Waals surface area contributed by atoms with Gasteiger partial charge in [0.15, 0.2) is 5.82 Å². The van der Waals surface area contributed by atoms with Crippen molar-refractivity contribution in [3.05, 3.63) is 40.6 Å². The van der Waals surface area contributed by atoms with E-state index in [1.807, 2.05) is 24.3 Å². The molecule has 1 aromatic carbocycles. The summed E-state index contributed by atoms with van der Waals surface area (Å²) >= 11 is 1.71. The van der Waals surface area contributed by atoms with Crippen molar-refractivity contribution in [1.82, 2.24) is 10.2 Å². The third-order valence-corrected chi connectivity index (χ3v) is 3.68. The standard InChI is InChI=1S/C13H11N3S/c1-8-9(6-7-17-8)12-10-4-2-3-5-11(10)13(14)16-15-12/h2-7H,1H3,(H2,14,16). The molecule has 17 heavy (non-hydrogen) atoms. The molecule has 0 aliphatic rings. The Labute approximate surface area is 103 Å². The van der Waals surface area contributed by atoms with E-state index < -0.39 is 0 Å². The SMILES string of the molecule is Cc1sccc1-c1nnc(N)c2ccccc12. The molecule has 0 saturated heterocycles. The Morgan fingerprint density at radius 3 is 2.53 bits per heavy atom. The molecular formula is C13H11N3S. The molecule has 0 fully saturated rings. The minimum absolute atomic E-state index is 0.484. The lowest BCUT2D eigenvalue weighted by Gasteiger charge is -2.06. The van der Waals surface area contributed by atoms with Crippen molar-refractivity contribution in [3.63, 3.8) is 0 Å². The highest BCUT2D eigenvalue weighted by atomic mass is 32.1. The van der Waals surface area contributed by atoms with Gasteiger partial charge in [0.1, 0.15) is 5.69 Å². The number of hydrogen-bond donors (Lipinski definition) is 1. The number of benzene rings is 1. The van der Waals surface area contributed by atoms with E-state index in [1.54, 1.807) is 11.3 Å². The van der Waals surface area contributed by atoms with E-state index in [0.29, 0.717) is 5.82 Å². The quantitative estimate of drug-likeness (QED) is 0.711. The van der Waals surface area contributed by atoms with Crippen LogP contribution in [0.15, 0.2) is 35.7 Å². The van der Waals surface area contributed by atoms with Gasteiger partial charge in [0, 0.05) is 21.2 Å². The minimum atomic E-state index is 0.484. The number of nitrogens with zero attached hydrogens (tertiary/aromatic N) is 2. The van der Waals surface area contributed by atoms with Crippen molar-refractivity contribution in [2.24, 2.45) is 0 Å². The van der Waals surface area contributed by atoms with Crippen molar-refractivity contribution in [2.45, 2.75) is 6.92 Å². The zero-order valence-electron chi connectivity index (χ0n) is 9.34. The number of aromatic nitrogens is 2. The van der Waals surface area contributed by atoms with Crippen LogP contribution in [0.1, 0.15) is 4.88 Å². The van der Waals surface area contributed by atoms with Crippen molar-refractivity contribution in [1.29, 1.82) is 0 Å².